The van der Waals surface area contributed by atoms with Crippen LogP contribution >= 0.6 is 22.9 Å². The van der Waals surface area contributed by atoms with Gasteiger partial charge in [-0.2, -0.15) is 9.89 Å². The zero-order chi connectivity index (χ0) is 35.7. The number of benzene rings is 3. The minimum atomic E-state index is -0.504. The zero-order valence-electron chi connectivity index (χ0n) is 28.3. The average Bonchev–Trinajstić information content (AvgIpc) is 3.80. The highest BCUT2D eigenvalue weighted by Crippen LogP contribution is 2.39. The number of anilines is 1. The second kappa shape index (κ2) is 14.2. The van der Waals surface area contributed by atoms with Crippen molar-refractivity contribution in [3.8, 4) is 28.4 Å². The van der Waals surface area contributed by atoms with Crippen LogP contribution in [0.15, 0.2) is 73.1 Å². The molecule has 4 heterocycles. The normalized spacial score (nSPS) is 13.8. The van der Waals surface area contributed by atoms with Gasteiger partial charge in [0.2, 0.25) is 0 Å². The summed E-state index contributed by atoms with van der Waals surface area (Å²) in [6, 6.07) is 17.3. The molecular formula is C36H37ClN8O5S. The number of phenols is 1. The van der Waals surface area contributed by atoms with E-state index < -0.39 is 6.03 Å². The Morgan fingerprint density at radius 3 is 2.55 bits per heavy atom. The molecule has 3 amide bonds. The van der Waals surface area contributed by atoms with Crippen LogP contribution in [-0.4, -0.2) is 80.6 Å². The fourth-order valence-corrected chi connectivity index (χ4v) is 7.03. The lowest BCUT2D eigenvalue weighted by molar-refractivity contribution is 0.0383. The summed E-state index contributed by atoms with van der Waals surface area (Å²) in [6.45, 7) is 10.5. The number of hydrogen-bond donors (Lipinski definition) is 4. The number of nitrogens with zero attached hydrogens (tertiary/aromatic N) is 5. The monoisotopic (exact) mass is 728 g/mol. The highest BCUT2D eigenvalue weighted by atomic mass is 35.5. The molecule has 3 aromatic heterocycles. The first-order valence-electron chi connectivity index (χ1n) is 16.5. The first-order chi connectivity index (χ1) is 24.5. The van der Waals surface area contributed by atoms with Crippen molar-refractivity contribution in [3.63, 3.8) is 0 Å². The Bertz CT molecular complexity index is 2220. The smallest absolute Gasteiger partial charge is 0.339 e. The second-order valence-corrected chi connectivity index (χ2v) is 14.6. The number of fused-ring (bicyclic) bond motifs is 3. The number of amides is 3. The van der Waals surface area contributed by atoms with Crippen molar-refractivity contribution in [2.75, 3.05) is 50.1 Å². The molecule has 0 spiro atoms. The number of urea groups is 1. The number of phenolic OH excluding ortho intramolecular Hbond substituents is 1. The Labute approximate surface area is 302 Å². The number of para-hydroxylation sites is 1. The first-order valence-corrected chi connectivity index (χ1v) is 17.7. The molecule has 264 valence electrons. The number of rotatable bonds is 9. The van der Waals surface area contributed by atoms with Crippen LogP contribution in [0.5, 0.6) is 17.2 Å². The minimum Gasteiger partial charge on any atom is -0.506 e. The molecule has 0 aliphatic carbocycles. The number of nitrogens with one attached hydrogen (secondary N) is 3. The van der Waals surface area contributed by atoms with Crippen LogP contribution in [0, 0.1) is 0 Å². The number of hydrogen-bond acceptors (Lipinski definition) is 9. The van der Waals surface area contributed by atoms with E-state index in [0.717, 1.165) is 48.0 Å². The van der Waals surface area contributed by atoms with Crippen molar-refractivity contribution in [2.24, 2.45) is 0 Å². The molecule has 0 radical (unpaired) electrons. The van der Waals surface area contributed by atoms with Crippen molar-refractivity contribution in [1.29, 1.82) is 0 Å². The zero-order valence-corrected chi connectivity index (χ0v) is 29.8. The van der Waals surface area contributed by atoms with Gasteiger partial charge < -0.3 is 25.2 Å². The third kappa shape index (κ3) is 7.64. The minimum absolute atomic E-state index is 0.0489. The largest absolute Gasteiger partial charge is 0.506 e. The number of morpholine rings is 1. The Kier molecular flexibility index (Phi) is 9.57. The maximum atomic E-state index is 12.9. The number of halogens is 1. The molecule has 3 aromatic carbocycles. The highest BCUT2D eigenvalue weighted by molar-refractivity contribution is 7.23. The molecule has 1 aliphatic heterocycles. The molecule has 13 nitrogen and oxygen atoms in total. The van der Waals surface area contributed by atoms with Crippen LogP contribution in [-0.2, 0) is 10.2 Å². The van der Waals surface area contributed by atoms with Gasteiger partial charge in [-0.05, 0) is 42.5 Å². The van der Waals surface area contributed by atoms with Crippen LogP contribution in [0.3, 0.4) is 0 Å². The lowest BCUT2D eigenvalue weighted by Crippen LogP contribution is -2.41. The van der Waals surface area contributed by atoms with Gasteiger partial charge in [0.05, 0.1) is 40.3 Å². The number of imidazole rings is 1. The number of carbonyl (C=O) groups excluding carboxylic acids is 2. The summed E-state index contributed by atoms with van der Waals surface area (Å²) in [4.78, 5) is 34.5. The Balaban J connectivity index is 0.963. The molecule has 6 aromatic rings. The Hall–Kier alpha value is -5.15. The van der Waals surface area contributed by atoms with Crippen LogP contribution in [0.2, 0.25) is 5.02 Å². The molecule has 0 saturated carbocycles. The van der Waals surface area contributed by atoms with E-state index in [9.17, 15) is 14.7 Å². The lowest BCUT2D eigenvalue weighted by atomic mass is 9.87. The molecule has 0 atom stereocenters. The van der Waals surface area contributed by atoms with Gasteiger partial charge in [0.15, 0.2) is 4.96 Å². The van der Waals surface area contributed by atoms with E-state index in [0.29, 0.717) is 46.2 Å². The van der Waals surface area contributed by atoms with E-state index in [4.69, 9.17) is 21.1 Å². The maximum Gasteiger partial charge on any atom is 0.339 e. The summed E-state index contributed by atoms with van der Waals surface area (Å²) in [5.41, 5.74) is 6.05. The van der Waals surface area contributed by atoms with E-state index in [-0.39, 0.29) is 22.1 Å². The molecule has 1 aliphatic rings. The summed E-state index contributed by atoms with van der Waals surface area (Å²) in [5.74, 6) is 0.988. The number of aromatic hydroxyl groups is 1. The average molecular weight is 729 g/mol. The van der Waals surface area contributed by atoms with Crippen molar-refractivity contribution in [3.05, 3.63) is 89.5 Å². The van der Waals surface area contributed by atoms with Crippen molar-refractivity contribution < 1.29 is 24.2 Å². The van der Waals surface area contributed by atoms with Gasteiger partial charge in [-0.3, -0.25) is 14.1 Å². The van der Waals surface area contributed by atoms with Crippen LogP contribution in [0.1, 0.15) is 37.0 Å². The van der Waals surface area contributed by atoms with E-state index in [1.54, 1.807) is 54.9 Å². The van der Waals surface area contributed by atoms with Crippen molar-refractivity contribution >= 4 is 55.7 Å². The van der Waals surface area contributed by atoms with E-state index in [1.165, 1.54) is 16.1 Å². The number of ether oxygens (including phenoxy) is 2. The standard InChI is InChI=1S/C36H37ClN8O5S/c1-36(2,3)32-26(25-5-4-6-27(37)31(25)46)20-45(41-32)42-34(48)39-22-7-9-23(10-8-22)50-24-11-12-29-30(19-24)51-35-40-28(21-44(29)35)33(47)38-13-14-43-15-17-49-18-16-43/h4-12,19-21,46H,13-18H2,1-3H3,(H,38,47)(H2,39,42,48). The van der Waals surface area contributed by atoms with Gasteiger partial charge >= 0.3 is 6.03 Å². The molecule has 51 heavy (non-hydrogen) atoms. The number of aromatic nitrogens is 4. The fourth-order valence-electron chi connectivity index (χ4n) is 5.82. The third-order valence-corrected chi connectivity index (χ3v) is 9.70. The van der Waals surface area contributed by atoms with Crippen LogP contribution in [0.25, 0.3) is 26.3 Å². The van der Waals surface area contributed by atoms with Crippen molar-refractivity contribution in [1.82, 2.24) is 29.5 Å². The van der Waals surface area contributed by atoms with E-state index in [1.807, 2.05) is 43.4 Å². The topological polar surface area (TPSA) is 147 Å². The molecule has 1 saturated heterocycles. The SMILES string of the molecule is CC(C)(C)c1nn(NC(=O)Nc2ccc(Oc3ccc4c(c3)sc3nc(C(=O)NCCN5CCOCC5)cn34)cc2)cc1-c1cccc(Cl)c1O. The first kappa shape index (κ1) is 34.3. The molecule has 0 unspecified atom stereocenters. The maximum absolute atomic E-state index is 12.9. The van der Waals surface area contributed by atoms with Gasteiger partial charge in [0, 0.05) is 60.7 Å². The quantitative estimate of drug-likeness (QED) is 0.129. The van der Waals surface area contributed by atoms with E-state index >= 15 is 0 Å². The highest BCUT2D eigenvalue weighted by Gasteiger charge is 2.26. The molecule has 7 rings (SSSR count). The van der Waals surface area contributed by atoms with Crippen LogP contribution < -0.4 is 20.8 Å². The lowest BCUT2D eigenvalue weighted by Gasteiger charge is -2.26. The third-order valence-electron chi connectivity index (χ3n) is 8.38. The molecule has 4 N–H and O–H groups in total. The predicted octanol–water partition coefficient (Wildman–Crippen LogP) is 6.70. The predicted molar refractivity (Wildman–Crippen MR) is 198 cm³/mol. The fraction of sp³-hybridized carbons (Fsp3) is 0.278. The van der Waals surface area contributed by atoms with Gasteiger partial charge in [0.25, 0.3) is 5.91 Å². The number of thiazole rings is 1. The Morgan fingerprint density at radius 1 is 1.02 bits per heavy atom. The Morgan fingerprint density at radius 2 is 1.78 bits per heavy atom. The van der Waals surface area contributed by atoms with Gasteiger partial charge in [-0.1, -0.05) is 55.8 Å². The van der Waals surface area contributed by atoms with Crippen molar-refractivity contribution in [2.45, 2.75) is 26.2 Å². The van der Waals surface area contributed by atoms with Gasteiger partial charge in [-0.15, -0.1) is 0 Å². The molecule has 1 fully saturated rings. The summed E-state index contributed by atoms with van der Waals surface area (Å²) < 4.78 is 14.4. The summed E-state index contributed by atoms with van der Waals surface area (Å²) in [6.07, 6.45) is 3.41. The molecule has 0 bridgehead atoms. The summed E-state index contributed by atoms with van der Waals surface area (Å²) in [7, 11) is 0. The van der Waals surface area contributed by atoms with Gasteiger partial charge in [0.1, 0.15) is 22.9 Å². The molecular weight excluding hydrogens is 692 g/mol. The molecule has 15 heteroatoms. The summed E-state index contributed by atoms with van der Waals surface area (Å²) >= 11 is 7.64. The summed E-state index contributed by atoms with van der Waals surface area (Å²) in [5, 5.41) is 21.2. The van der Waals surface area contributed by atoms with Gasteiger partial charge in [-0.25, -0.2) is 15.2 Å². The van der Waals surface area contributed by atoms with E-state index in [2.05, 4.69) is 31.0 Å². The number of carbonyl (C=O) groups is 2. The van der Waals surface area contributed by atoms with Crippen LogP contribution in [0.4, 0.5) is 10.5 Å². The second-order valence-electron chi connectivity index (χ2n) is 13.1.